The van der Waals surface area contributed by atoms with Gasteiger partial charge in [0.1, 0.15) is 11.9 Å². The summed E-state index contributed by atoms with van der Waals surface area (Å²) in [5, 5.41) is 3.81. The van der Waals surface area contributed by atoms with Gasteiger partial charge in [0.05, 0.1) is 21.6 Å². The van der Waals surface area contributed by atoms with Gasteiger partial charge in [0.2, 0.25) is 0 Å². The Morgan fingerprint density at radius 1 is 0.963 bits per heavy atom. The first-order valence-corrected chi connectivity index (χ1v) is 9.13. The number of aromatic nitrogens is 2. The molecule has 1 aromatic heterocycles. The van der Waals surface area contributed by atoms with Crippen molar-refractivity contribution in [1.82, 2.24) is 15.3 Å². The van der Waals surface area contributed by atoms with Crippen LogP contribution in [0, 0.1) is 0 Å². The van der Waals surface area contributed by atoms with Gasteiger partial charge in [-0.3, -0.25) is 4.79 Å². The van der Waals surface area contributed by atoms with Gasteiger partial charge in [-0.15, -0.1) is 0 Å². The van der Waals surface area contributed by atoms with Gasteiger partial charge in [-0.1, -0.05) is 65.7 Å². The fraction of sp³-hybridized carbons (Fsp3) is 0.0476. The zero-order valence-electron chi connectivity index (χ0n) is 14.1. The van der Waals surface area contributed by atoms with Crippen LogP contribution in [0.1, 0.15) is 27.8 Å². The minimum absolute atomic E-state index is 0.300. The maximum Gasteiger partial charge on any atom is 0.253 e. The van der Waals surface area contributed by atoms with Gasteiger partial charge < -0.3 is 10.3 Å². The van der Waals surface area contributed by atoms with Crippen molar-refractivity contribution in [3.05, 3.63) is 99.8 Å². The Morgan fingerprint density at radius 3 is 2.44 bits per heavy atom. The lowest BCUT2D eigenvalue weighted by Gasteiger charge is -2.18. The highest BCUT2D eigenvalue weighted by molar-refractivity contribution is 6.36. The van der Waals surface area contributed by atoms with Crippen LogP contribution in [0.5, 0.6) is 0 Å². The minimum atomic E-state index is -0.446. The van der Waals surface area contributed by atoms with Crippen LogP contribution in [0.15, 0.2) is 72.8 Å². The van der Waals surface area contributed by atoms with Crippen LogP contribution >= 0.6 is 23.2 Å². The van der Waals surface area contributed by atoms with Gasteiger partial charge in [0.15, 0.2) is 0 Å². The summed E-state index contributed by atoms with van der Waals surface area (Å²) in [5.41, 5.74) is 3.02. The Labute approximate surface area is 166 Å². The number of nitrogens with zero attached hydrogens (tertiary/aromatic N) is 1. The lowest BCUT2D eigenvalue weighted by molar-refractivity contribution is 0.0942. The van der Waals surface area contributed by atoms with Crippen molar-refractivity contribution < 1.29 is 4.79 Å². The minimum Gasteiger partial charge on any atom is -0.340 e. The Morgan fingerprint density at radius 2 is 1.70 bits per heavy atom. The van der Waals surface area contributed by atoms with Crippen molar-refractivity contribution in [3.8, 4) is 0 Å². The average molecular weight is 396 g/mol. The second-order valence-electron chi connectivity index (χ2n) is 6.08. The summed E-state index contributed by atoms with van der Waals surface area (Å²) < 4.78 is 0. The van der Waals surface area contributed by atoms with Crippen molar-refractivity contribution in [2.24, 2.45) is 0 Å². The largest absolute Gasteiger partial charge is 0.340 e. The summed E-state index contributed by atoms with van der Waals surface area (Å²) in [4.78, 5) is 20.8. The fourth-order valence-corrected chi connectivity index (χ4v) is 3.44. The molecule has 3 aromatic carbocycles. The van der Waals surface area contributed by atoms with E-state index in [1.807, 2.05) is 54.6 Å². The Balaban J connectivity index is 1.73. The van der Waals surface area contributed by atoms with Crippen LogP contribution in [0.2, 0.25) is 10.0 Å². The number of hydrogen-bond acceptors (Lipinski definition) is 2. The van der Waals surface area contributed by atoms with E-state index >= 15 is 0 Å². The highest BCUT2D eigenvalue weighted by Crippen LogP contribution is 2.25. The number of amides is 1. The number of H-pyrrole nitrogens is 1. The van der Waals surface area contributed by atoms with Gasteiger partial charge in [0, 0.05) is 5.02 Å². The van der Waals surface area contributed by atoms with E-state index < -0.39 is 6.04 Å². The lowest BCUT2D eigenvalue weighted by Crippen LogP contribution is -2.30. The van der Waals surface area contributed by atoms with E-state index in [4.69, 9.17) is 23.2 Å². The van der Waals surface area contributed by atoms with Crippen molar-refractivity contribution in [1.29, 1.82) is 0 Å². The number of nitrogens with one attached hydrogen (secondary N) is 2. The monoisotopic (exact) mass is 395 g/mol. The average Bonchev–Trinajstić information content (AvgIpc) is 3.10. The number of fused-ring (bicyclic) bond motifs is 1. The molecule has 1 amide bonds. The van der Waals surface area contributed by atoms with Gasteiger partial charge in [0.25, 0.3) is 5.91 Å². The highest BCUT2D eigenvalue weighted by Gasteiger charge is 2.22. The zero-order valence-corrected chi connectivity index (χ0v) is 15.6. The van der Waals surface area contributed by atoms with Crippen molar-refractivity contribution in [2.45, 2.75) is 6.04 Å². The summed E-state index contributed by atoms with van der Waals surface area (Å²) >= 11 is 12.1. The summed E-state index contributed by atoms with van der Waals surface area (Å²) in [6.45, 7) is 0. The van der Waals surface area contributed by atoms with E-state index in [9.17, 15) is 4.79 Å². The molecule has 4 rings (SSSR count). The van der Waals surface area contributed by atoms with Crippen LogP contribution in [-0.2, 0) is 0 Å². The molecule has 0 saturated carbocycles. The third kappa shape index (κ3) is 3.68. The summed E-state index contributed by atoms with van der Waals surface area (Å²) in [6, 6.07) is 21.8. The molecule has 0 fully saturated rings. The highest BCUT2D eigenvalue weighted by atomic mass is 35.5. The fourth-order valence-electron chi connectivity index (χ4n) is 2.95. The maximum atomic E-state index is 12.9. The van der Waals surface area contributed by atoms with Crippen LogP contribution in [0.4, 0.5) is 0 Å². The molecule has 0 bridgehead atoms. The Hall–Kier alpha value is -2.82. The van der Waals surface area contributed by atoms with Gasteiger partial charge in [-0.2, -0.15) is 0 Å². The number of carbonyl (C=O) groups excluding carboxylic acids is 1. The number of aromatic amines is 1. The summed E-state index contributed by atoms with van der Waals surface area (Å²) in [6.07, 6.45) is 0. The second kappa shape index (κ2) is 7.43. The van der Waals surface area contributed by atoms with Crippen LogP contribution in [-0.4, -0.2) is 15.9 Å². The van der Waals surface area contributed by atoms with Crippen LogP contribution in [0.3, 0.4) is 0 Å². The molecule has 4 nitrogen and oxygen atoms in total. The normalized spacial score (nSPS) is 12.1. The number of hydrogen-bond donors (Lipinski definition) is 2. The predicted octanol–water partition coefficient (Wildman–Crippen LogP) is 5.39. The third-order valence-electron chi connectivity index (χ3n) is 4.27. The van der Waals surface area contributed by atoms with Crippen molar-refractivity contribution >= 4 is 40.1 Å². The number of para-hydroxylation sites is 2. The van der Waals surface area contributed by atoms with E-state index in [1.165, 1.54) is 0 Å². The van der Waals surface area contributed by atoms with Crippen LogP contribution in [0.25, 0.3) is 11.0 Å². The molecule has 1 heterocycles. The standard InChI is InChI=1S/C21H15Cl2N3O/c22-14-10-11-15(16(23)12-14)21(27)26-19(13-6-2-1-3-7-13)20-24-17-8-4-5-9-18(17)25-20/h1-12,19H,(H,24,25)(H,26,27). The number of carbonyl (C=O) groups is 1. The predicted molar refractivity (Wildman–Crippen MR) is 108 cm³/mol. The molecule has 1 atom stereocenters. The number of benzene rings is 3. The molecule has 4 aromatic rings. The number of imidazole rings is 1. The molecule has 0 aliphatic rings. The third-order valence-corrected chi connectivity index (χ3v) is 4.81. The smallest absolute Gasteiger partial charge is 0.253 e. The molecule has 134 valence electrons. The molecule has 0 spiro atoms. The molecule has 0 aliphatic carbocycles. The summed E-state index contributed by atoms with van der Waals surface area (Å²) in [7, 11) is 0. The van der Waals surface area contributed by atoms with E-state index in [0.29, 0.717) is 21.4 Å². The van der Waals surface area contributed by atoms with Crippen molar-refractivity contribution in [3.63, 3.8) is 0 Å². The zero-order chi connectivity index (χ0) is 18.8. The van der Waals surface area contributed by atoms with E-state index in [0.717, 1.165) is 16.6 Å². The number of rotatable bonds is 4. The van der Waals surface area contributed by atoms with E-state index in [1.54, 1.807) is 18.2 Å². The number of halogens is 2. The quantitative estimate of drug-likeness (QED) is 0.486. The molecule has 0 aliphatic heterocycles. The second-order valence-corrected chi connectivity index (χ2v) is 6.92. The Bertz CT molecular complexity index is 1080. The lowest BCUT2D eigenvalue weighted by atomic mass is 10.1. The molecule has 1 unspecified atom stereocenters. The van der Waals surface area contributed by atoms with Crippen molar-refractivity contribution in [2.75, 3.05) is 0 Å². The SMILES string of the molecule is O=C(NC(c1ccccc1)c1nc2ccccc2[nH]1)c1ccc(Cl)cc1Cl. The molecule has 2 N–H and O–H groups in total. The molecule has 6 heteroatoms. The first-order chi connectivity index (χ1) is 13.1. The van der Waals surface area contributed by atoms with Gasteiger partial charge in [-0.25, -0.2) is 4.98 Å². The molecule has 0 radical (unpaired) electrons. The van der Waals surface area contributed by atoms with E-state index in [2.05, 4.69) is 15.3 Å². The maximum absolute atomic E-state index is 12.9. The molecule has 0 saturated heterocycles. The topological polar surface area (TPSA) is 57.8 Å². The van der Waals surface area contributed by atoms with Crippen LogP contribution < -0.4 is 5.32 Å². The molecule has 27 heavy (non-hydrogen) atoms. The molecular weight excluding hydrogens is 381 g/mol. The van der Waals surface area contributed by atoms with E-state index in [-0.39, 0.29) is 5.91 Å². The molecular formula is C21H15Cl2N3O. The van der Waals surface area contributed by atoms with Gasteiger partial charge in [-0.05, 0) is 35.9 Å². The summed E-state index contributed by atoms with van der Waals surface area (Å²) in [5.74, 6) is 0.354. The first-order valence-electron chi connectivity index (χ1n) is 8.37. The Kier molecular flexibility index (Phi) is 4.84. The first kappa shape index (κ1) is 17.6. The van der Waals surface area contributed by atoms with Gasteiger partial charge >= 0.3 is 0 Å².